The highest BCUT2D eigenvalue weighted by Crippen LogP contribution is 2.26. The molecule has 2 aromatic carbocycles. The molecule has 3 nitrogen and oxygen atoms in total. The Hall–Kier alpha value is -1.83. The van der Waals surface area contributed by atoms with Crippen molar-refractivity contribution in [3.8, 4) is 17.6 Å². The van der Waals surface area contributed by atoms with Gasteiger partial charge in [0.2, 0.25) is 0 Å². The van der Waals surface area contributed by atoms with Crippen molar-refractivity contribution >= 4 is 15.9 Å². The molecule has 0 amide bonds. The van der Waals surface area contributed by atoms with Gasteiger partial charge in [-0.3, -0.25) is 0 Å². The van der Waals surface area contributed by atoms with E-state index in [2.05, 4.69) is 15.9 Å². The van der Waals surface area contributed by atoms with Gasteiger partial charge in [-0.05, 0) is 35.9 Å². The molecule has 0 radical (unpaired) electrons. The second kappa shape index (κ2) is 5.67. The molecule has 1 unspecified atom stereocenters. The van der Waals surface area contributed by atoms with Gasteiger partial charge in [-0.25, -0.2) is 0 Å². The minimum Gasteiger partial charge on any atom is -0.457 e. The maximum absolute atomic E-state index is 9.44. The summed E-state index contributed by atoms with van der Waals surface area (Å²) in [6.07, 6.45) is -1.13. The number of halogens is 1. The third-order valence-electron chi connectivity index (χ3n) is 2.33. The van der Waals surface area contributed by atoms with Gasteiger partial charge in [-0.2, -0.15) is 5.26 Å². The molecule has 0 aliphatic heterocycles. The maximum Gasteiger partial charge on any atom is 0.166 e. The van der Waals surface area contributed by atoms with Gasteiger partial charge < -0.3 is 9.84 Å². The Kier molecular flexibility index (Phi) is 3.98. The van der Waals surface area contributed by atoms with Crippen molar-refractivity contribution in [3.05, 3.63) is 58.6 Å². The number of hydrogen-bond acceptors (Lipinski definition) is 3. The zero-order valence-corrected chi connectivity index (χ0v) is 11.0. The van der Waals surface area contributed by atoms with E-state index in [1.807, 2.05) is 24.3 Å². The standard InChI is InChI=1S/C14H10BrNO2/c15-11-4-2-6-13(8-11)18-12-5-1-3-10(7-12)14(17)9-16/h1-8,14,17H. The first-order chi connectivity index (χ1) is 8.69. The van der Waals surface area contributed by atoms with Crippen molar-refractivity contribution in [2.45, 2.75) is 6.10 Å². The Morgan fingerprint density at radius 1 is 1.11 bits per heavy atom. The van der Waals surface area contributed by atoms with Crippen molar-refractivity contribution in [1.82, 2.24) is 0 Å². The summed E-state index contributed by atoms with van der Waals surface area (Å²) in [5.74, 6) is 1.27. The molecule has 0 aromatic heterocycles. The summed E-state index contributed by atoms with van der Waals surface area (Å²) in [4.78, 5) is 0. The molecule has 0 heterocycles. The molecule has 0 saturated carbocycles. The number of benzene rings is 2. The second-order valence-electron chi connectivity index (χ2n) is 3.66. The lowest BCUT2D eigenvalue weighted by Gasteiger charge is -2.08. The summed E-state index contributed by atoms with van der Waals surface area (Å²) in [5.41, 5.74) is 0.519. The van der Waals surface area contributed by atoms with Crippen LogP contribution in [0, 0.1) is 11.3 Å². The highest BCUT2D eigenvalue weighted by molar-refractivity contribution is 9.10. The Bertz CT molecular complexity index is 592. The molecule has 1 N–H and O–H groups in total. The third kappa shape index (κ3) is 3.10. The molecule has 4 heteroatoms. The molecule has 1 atom stereocenters. The van der Waals surface area contributed by atoms with E-state index < -0.39 is 6.10 Å². The lowest BCUT2D eigenvalue weighted by molar-refractivity contribution is 0.235. The highest BCUT2D eigenvalue weighted by Gasteiger charge is 2.07. The Morgan fingerprint density at radius 3 is 2.44 bits per heavy atom. The molecule has 0 spiro atoms. The Morgan fingerprint density at radius 2 is 1.78 bits per heavy atom. The fourth-order valence-electron chi connectivity index (χ4n) is 1.49. The zero-order chi connectivity index (χ0) is 13.0. The van der Waals surface area contributed by atoms with Crippen LogP contribution < -0.4 is 4.74 Å². The van der Waals surface area contributed by atoms with Crippen LogP contribution in [0.2, 0.25) is 0 Å². The van der Waals surface area contributed by atoms with E-state index in [0.717, 1.165) is 4.47 Å². The van der Waals surface area contributed by atoms with Crippen LogP contribution in [0.3, 0.4) is 0 Å². The summed E-state index contributed by atoms with van der Waals surface area (Å²) >= 11 is 3.36. The summed E-state index contributed by atoms with van der Waals surface area (Å²) < 4.78 is 6.57. The van der Waals surface area contributed by atoms with Gasteiger partial charge in [-0.15, -0.1) is 0 Å². The van der Waals surface area contributed by atoms with E-state index in [1.165, 1.54) is 0 Å². The quantitative estimate of drug-likeness (QED) is 0.878. The normalized spacial score (nSPS) is 11.6. The molecule has 0 aliphatic carbocycles. The fourth-order valence-corrected chi connectivity index (χ4v) is 1.87. The minimum absolute atomic E-state index is 0.519. The van der Waals surface area contributed by atoms with Gasteiger partial charge in [-0.1, -0.05) is 34.1 Å². The first-order valence-electron chi connectivity index (χ1n) is 5.30. The summed E-state index contributed by atoms with van der Waals surface area (Å²) in [6, 6.07) is 16.1. The number of aliphatic hydroxyl groups is 1. The topological polar surface area (TPSA) is 53.2 Å². The Labute approximate surface area is 113 Å². The molecule has 2 rings (SSSR count). The third-order valence-corrected chi connectivity index (χ3v) is 2.82. The van der Waals surface area contributed by atoms with Crippen molar-refractivity contribution in [2.24, 2.45) is 0 Å². The highest BCUT2D eigenvalue weighted by atomic mass is 79.9. The molecular formula is C14H10BrNO2. The predicted molar refractivity (Wildman–Crippen MR) is 71.2 cm³/mol. The Balaban J connectivity index is 2.22. The van der Waals surface area contributed by atoms with Crippen LogP contribution in [-0.2, 0) is 0 Å². The van der Waals surface area contributed by atoms with Gasteiger partial charge in [0.05, 0.1) is 6.07 Å². The van der Waals surface area contributed by atoms with Crippen LogP contribution in [0.25, 0.3) is 0 Å². The van der Waals surface area contributed by atoms with Crippen molar-refractivity contribution in [1.29, 1.82) is 5.26 Å². The van der Waals surface area contributed by atoms with Gasteiger partial charge >= 0.3 is 0 Å². The smallest absolute Gasteiger partial charge is 0.166 e. The zero-order valence-electron chi connectivity index (χ0n) is 9.38. The van der Waals surface area contributed by atoms with E-state index in [-0.39, 0.29) is 0 Å². The van der Waals surface area contributed by atoms with E-state index in [0.29, 0.717) is 17.1 Å². The molecule has 0 fully saturated rings. The van der Waals surface area contributed by atoms with Crippen molar-refractivity contribution in [3.63, 3.8) is 0 Å². The fraction of sp³-hybridized carbons (Fsp3) is 0.0714. The largest absolute Gasteiger partial charge is 0.457 e. The first kappa shape index (κ1) is 12.6. The number of nitrogens with zero attached hydrogens (tertiary/aromatic N) is 1. The van der Waals surface area contributed by atoms with Crippen LogP contribution in [0.15, 0.2) is 53.0 Å². The number of nitriles is 1. The van der Waals surface area contributed by atoms with Gasteiger partial charge in [0.15, 0.2) is 6.10 Å². The average molecular weight is 304 g/mol. The number of aliphatic hydroxyl groups excluding tert-OH is 1. The molecule has 0 saturated heterocycles. The van der Waals surface area contributed by atoms with E-state index >= 15 is 0 Å². The monoisotopic (exact) mass is 303 g/mol. The molecule has 0 aliphatic rings. The SMILES string of the molecule is N#CC(O)c1cccc(Oc2cccc(Br)c2)c1. The molecular weight excluding hydrogens is 294 g/mol. The summed E-state index contributed by atoms with van der Waals surface area (Å²) in [6.45, 7) is 0. The van der Waals surface area contributed by atoms with Gasteiger partial charge in [0.25, 0.3) is 0 Å². The minimum atomic E-state index is -1.13. The number of rotatable bonds is 3. The van der Waals surface area contributed by atoms with E-state index in [9.17, 15) is 5.11 Å². The lowest BCUT2D eigenvalue weighted by atomic mass is 10.1. The van der Waals surface area contributed by atoms with Gasteiger partial charge in [0.1, 0.15) is 11.5 Å². The maximum atomic E-state index is 9.44. The predicted octanol–water partition coefficient (Wildman–Crippen LogP) is 3.80. The first-order valence-corrected chi connectivity index (χ1v) is 6.09. The van der Waals surface area contributed by atoms with Crippen molar-refractivity contribution < 1.29 is 9.84 Å². The molecule has 90 valence electrons. The van der Waals surface area contributed by atoms with E-state index in [1.54, 1.807) is 30.3 Å². The lowest BCUT2D eigenvalue weighted by Crippen LogP contribution is -1.93. The molecule has 0 bridgehead atoms. The van der Waals surface area contributed by atoms with Crippen LogP contribution in [-0.4, -0.2) is 5.11 Å². The second-order valence-corrected chi connectivity index (χ2v) is 4.58. The van der Waals surface area contributed by atoms with Crippen LogP contribution >= 0.6 is 15.9 Å². The van der Waals surface area contributed by atoms with Crippen LogP contribution in [0.1, 0.15) is 11.7 Å². The van der Waals surface area contributed by atoms with Crippen LogP contribution in [0.4, 0.5) is 0 Å². The van der Waals surface area contributed by atoms with Gasteiger partial charge in [0, 0.05) is 4.47 Å². The number of ether oxygens (including phenoxy) is 1. The van der Waals surface area contributed by atoms with Crippen LogP contribution in [0.5, 0.6) is 11.5 Å². The molecule has 18 heavy (non-hydrogen) atoms. The average Bonchev–Trinajstić information content (AvgIpc) is 2.38. The molecule has 2 aromatic rings. The summed E-state index contributed by atoms with van der Waals surface area (Å²) in [5, 5.41) is 18.1. The van der Waals surface area contributed by atoms with E-state index in [4.69, 9.17) is 10.00 Å². The van der Waals surface area contributed by atoms with Crippen molar-refractivity contribution in [2.75, 3.05) is 0 Å². The number of hydrogen-bond donors (Lipinski definition) is 1. The summed E-state index contributed by atoms with van der Waals surface area (Å²) in [7, 11) is 0.